The lowest BCUT2D eigenvalue weighted by Gasteiger charge is -2.32. The van der Waals surface area contributed by atoms with Crippen LogP contribution in [0.15, 0.2) is 48.5 Å². The molecule has 9 heteroatoms. The van der Waals surface area contributed by atoms with E-state index in [1.165, 1.54) is 29.2 Å². The zero-order valence-corrected chi connectivity index (χ0v) is 20.5. The number of benzene rings is 2. The van der Waals surface area contributed by atoms with Gasteiger partial charge in [0.15, 0.2) is 0 Å². The third-order valence-corrected chi connectivity index (χ3v) is 6.54. The van der Waals surface area contributed by atoms with Crippen LogP contribution < -0.4 is 9.62 Å². The van der Waals surface area contributed by atoms with E-state index in [1.54, 1.807) is 25.1 Å². The van der Waals surface area contributed by atoms with Gasteiger partial charge in [0.1, 0.15) is 18.4 Å². The van der Waals surface area contributed by atoms with Crippen molar-refractivity contribution < 1.29 is 22.4 Å². The minimum atomic E-state index is -3.77. The van der Waals surface area contributed by atoms with Gasteiger partial charge in [0.05, 0.1) is 11.9 Å². The molecule has 0 aliphatic rings. The molecule has 2 aromatic rings. The molecule has 0 aromatic heterocycles. The summed E-state index contributed by atoms with van der Waals surface area (Å²) in [4.78, 5) is 27.5. The van der Waals surface area contributed by atoms with Crippen molar-refractivity contribution in [3.8, 4) is 0 Å². The van der Waals surface area contributed by atoms with E-state index in [0.29, 0.717) is 11.3 Å². The molecule has 0 radical (unpaired) electrons. The number of amides is 2. The fourth-order valence-electron chi connectivity index (χ4n) is 3.23. The van der Waals surface area contributed by atoms with Gasteiger partial charge in [-0.1, -0.05) is 31.2 Å². The van der Waals surface area contributed by atoms with Gasteiger partial charge in [-0.25, -0.2) is 12.8 Å². The van der Waals surface area contributed by atoms with Gasteiger partial charge in [0, 0.05) is 12.6 Å². The van der Waals surface area contributed by atoms with Crippen molar-refractivity contribution in [3.05, 3.63) is 65.5 Å². The first-order valence-corrected chi connectivity index (χ1v) is 12.7. The lowest BCUT2D eigenvalue weighted by atomic mass is 10.1. The highest BCUT2D eigenvalue weighted by atomic mass is 32.2. The Hall–Kier alpha value is -2.94. The highest BCUT2D eigenvalue weighted by molar-refractivity contribution is 7.92. The molecule has 0 aliphatic carbocycles. The maximum atomic E-state index is 13.4. The average molecular weight is 478 g/mol. The number of aryl methyl sites for hydroxylation is 1. The second-order valence-electron chi connectivity index (χ2n) is 8.25. The Morgan fingerprint density at radius 2 is 1.73 bits per heavy atom. The van der Waals surface area contributed by atoms with Crippen molar-refractivity contribution in [3.63, 3.8) is 0 Å². The summed E-state index contributed by atoms with van der Waals surface area (Å²) in [7, 11) is -3.77. The van der Waals surface area contributed by atoms with Crippen LogP contribution in [0.2, 0.25) is 0 Å². The Morgan fingerprint density at radius 3 is 2.27 bits per heavy atom. The number of carbonyl (C=O) groups is 2. The summed E-state index contributed by atoms with van der Waals surface area (Å²) in [6.07, 6.45) is 1.76. The highest BCUT2D eigenvalue weighted by Gasteiger charge is 2.30. The number of carbonyl (C=O) groups excluding carboxylic acids is 2. The Balaban J connectivity index is 2.37. The molecular weight excluding hydrogens is 445 g/mol. The summed E-state index contributed by atoms with van der Waals surface area (Å²) in [5.41, 5.74) is 1.83. The van der Waals surface area contributed by atoms with Crippen LogP contribution >= 0.6 is 0 Å². The SMILES string of the molecule is CC[C@H](C)NC(=O)[C@H](C)N(Cc1ccc(F)cc1)C(=O)CN(c1cccc(C)c1)S(C)(=O)=O. The first-order valence-electron chi connectivity index (χ1n) is 10.8. The molecule has 7 nitrogen and oxygen atoms in total. The molecule has 0 saturated heterocycles. The monoisotopic (exact) mass is 477 g/mol. The Bertz CT molecular complexity index is 1070. The molecule has 0 unspecified atom stereocenters. The first kappa shape index (κ1) is 26.3. The number of nitrogens with zero attached hydrogens (tertiary/aromatic N) is 2. The Morgan fingerprint density at radius 1 is 1.09 bits per heavy atom. The highest BCUT2D eigenvalue weighted by Crippen LogP contribution is 2.20. The smallest absolute Gasteiger partial charge is 0.244 e. The van der Waals surface area contributed by atoms with Gasteiger partial charge in [0.2, 0.25) is 21.8 Å². The average Bonchev–Trinajstić information content (AvgIpc) is 2.75. The summed E-state index contributed by atoms with van der Waals surface area (Å²) >= 11 is 0. The van der Waals surface area contributed by atoms with E-state index in [2.05, 4.69) is 5.32 Å². The van der Waals surface area contributed by atoms with Gasteiger partial charge in [-0.05, 0) is 62.6 Å². The van der Waals surface area contributed by atoms with Crippen LogP contribution in [0.5, 0.6) is 0 Å². The largest absolute Gasteiger partial charge is 0.352 e. The second kappa shape index (κ2) is 11.3. The van der Waals surface area contributed by atoms with E-state index < -0.39 is 34.3 Å². The minimum absolute atomic E-state index is 0.0274. The molecule has 2 amide bonds. The molecule has 180 valence electrons. The maximum absolute atomic E-state index is 13.4. The molecule has 1 N–H and O–H groups in total. The van der Waals surface area contributed by atoms with Crippen LogP contribution in [0, 0.1) is 12.7 Å². The van der Waals surface area contributed by atoms with E-state index in [1.807, 2.05) is 26.8 Å². The Kier molecular flexibility index (Phi) is 8.99. The zero-order chi connectivity index (χ0) is 24.8. The molecule has 0 bridgehead atoms. The minimum Gasteiger partial charge on any atom is -0.352 e. The van der Waals surface area contributed by atoms with Gasteiger partial charge < -0.3 is 10.2 Å². The summed E-state index contributed by atoms with van der Waals surface area (Å²) < 4.78 is 39.4. The van der Waals surface area contributed by atoms with Gasteiger partial charge in [-0.3, -0.25) is 13.9 Å². The predicted molar refractivity (Wildman–Crippen MR) is 128 cm³/mol. The molecule has 0 saturated carbocycles. The standard InChI is InChI=1S/C24H32FN3O4S/c1-6-18(3)26-24(30)19(4)27(15-20-10-12-21(25)13-11-20)23(29)16-28(33(5,31)32)22-9-7-8-17(2)14-22/h7-14,18-19H,6,15-16H2,1-5H3,(H,26,30)/t18-,19-/m0/s1. The van der Waals surface area contributed by atoms with E-state index in [0.717, 1.165) is 22.5 Å². The number of halogens is 1. The molecule has 0 aliphatic heterocycles. The van der Waals surface area contributed by atoms with Crippen LogP contribution in [0.25, 0.3) is 0 Å². The van der Waals surface area contributed by atoms with Crippen molar-refractivity contribution in [2.24, 2.45) is 0 Å². The van der Waals surface area contributed by atoms with Crippen molar-refractivity contribution in [1.29, 1.82) is 0 Å². The quantitative estimate of drug-likeness (QED) is 0.569. The van der Waals surface area contributed by atoms with Crippen molar-refractivity contribution in [1.82, 2.24) is 10.2 Å². The lowest BCUT2D eigenvalue weighted by molar-refractivity contribution is -0.139. The lowest BCUT2D eigenvalue weighted by Crippen LogP contribution is -2.52. The predicted octanol–water partition coefficient (Wildman–Crippen LogP) is 3.23. The van der Waals surface area contributed by atoms with Crippen LogP contribution in [0.4, 0.5) is 10.1 Å². The number of nitrogens with one attached hydrogen (secondary N) is 1. The number of anilines is 1. The summed E-state index contributed by atoms with van der Waals surface area (Å²) in [6, 6.07) is 11.5. The normalized spacial score (nSPS) is 13.2. The summed E-state index contributed by atoms with van der Waals surface area (Å²) in [5, 5.41) is 2.86. The zero-order valence-electron chi connectivity index (χ0n) is 19.7. The molecular formula is C24H32FN3O4S. The van der Waals surface area contributed by atoms with Crippen LogP contribution in [0.3, 0.4) is 0 Å². The topological polar surface area (TPSA) is 86.8 Å². The third-order valence-electron chi connectivity index (χ3n) is 5.40. The fourth-order valence-corrected chi connectivity index (χ4v) is 4.07. The molecule has 0 spiro atoms. The number of hydrogen-bond donors (Lipinski definition) is 1. The van der Waals surface area contributed by atoms with E-state index in [4.69, 9.17) is 0 Å². The van der Waals surface area contributed by atoms with E-state index >= 15 is 0 Å². The van der Waals surface area contributed by atoms with E-state index in [-0.39, 0.29) is 18.5 Å². The van der Waals surface area contributed by atoms with Crippen molar-refractivity contribution in [2.75, 3.05) is 17.1 Å². The number of sulfonamides is 1. The molecule has 2 atom stereocenters. The van der Waals surface area contributed by atoms with Gasteiger partial charge in [0.25, 0.3) is 0 Å². The molecule has 0 fully saturated rings. The molecule has 2 aromatic carbocycles. The van der Waals surface area contributed by atoms with Crippen LogP contribution in [0.1, 0.15) is 38.3 Å². The van der Waals surface area contributed by atoms with Crippen LogP contribution in [-0.4, -0.2) is 50.0 Å². The third kappa shape index (κ3) is 7.56. The molecule has 0 heterocycles. The molecule has 33 heavy (non-hydrogen) atoms. The molecule has 2 rings (SSSR count). The maximum Gasteiger partial charge on any atom is 0.244 e. The number of rotatable bonds is 10. The van der Waals surface area contributed by atoms with E-state index in [9.17, 15) is 22.4 Å². The fraction of sp³-hybridized carbons (Fsp3) is 0.417. The van der Waals surface area contributed by atoms with Crippen LogP contribution in [-0.2, 0) is 26.2 Å². The van der Waals surface area contributed by atoms with Crippen molar-refractivity contribution in [2.45, 2.75) is 52.7 Å². The Labute approximate surface area is 195 Å². The van der Waals surface area contributed by atoms with Gasteiger partial charge >= 0.3 is 0 Å². The summed E-state index contributed by atoms with van der Waals surface area (Å²) in [5.74, 6) is -1.30. The van der Waals surface area contributed by atoms with Crippen molar-refractivity contribution >= 4 is 27.5 Å². The van der Waals surface area contributed by atoms with Gasteiger partial charge in [-0.15, -0.1) is 0 Å². The number of hydrogen-bond acceptors (Lipinski definition) is 4. The second-order valence-corrected chi connectivity index (χ2v) is 10.2. The first-order chi connectivity index (χ1) is 15.4. The van der Waals surface area contributed by atoms with Gasteiger partial charge in [-0.2, -0.15) is 0 Å². The summed E-state index contributed by atoms with van der Waals surface area (Å²) in [6.45, 7) is 6.78.